The summed E-state index contributed by atoms with van der Waals surface area (Å²) in [6.07, 6.45) is 0. The van der Waals surface area contributed by atoms with Crippen LogP contribution in [0.15, 0.2) is 52.6 Å². The van der Waals surface area contributed by atoms with Crippen LogP contribution < -0.4 is 16.0 Å². The number of aliphatic hydroxyl groups is 1. The van der Waals surface area contributed by atoms with E-state index in [1.54, 1.807) is 13.0 Å². The molecule has 3 N–H and O–H groups in total. The number of carbonyl (C=O) groups is 1. The lowest BCUT2D eigenvalue weighted by Gasteiger charge is -2.28. The number of hydrogen-bond donors (Lipinski definition) is 2. The zero-order valence-corrected chi connectivity index (χ0v) is 14.6. The van der Waals surface area contributed by atoms with Crippen molar-refractivity contribution in [3.05, 3.63) is 75.0 Å². The molecule has 1 aliphatic heterocycles. The highest BCUT2D eigenvalue weighted by Crippen LogP contribution is 2.41. The van der Waals surface area contributed by atoms with E-state index in [-0.39, 0.29) is 30.2 Å². The van der Waals surface area contributed by atoms with Crippen LogP contribution in [0.25, 0.3) is 0 Å². The first kappa shape index (κ1) is 17.8. The number of carbonyl (C=O) groups excluding carboxylic acids is 1. The van der Waals surface area contributed by atoms with Crippen molar-refractivity contribution in [3.8, 4) is 5.75 Å². The molecule has 26 heavy (non-hydrogen) atoms. The number of esters is 1. The Balaban J connectivity index is 2.32. The van der Waals surface area contributed by atoms with Crippen molar-refractivity contribution in [1.82, 2.24) is 4.57 Å². The largest absolute Gasteiger partial charge is 0.465 e. The molecule has 136 valence electrons. The topological polar surface area (TPSA) is 104 Å². The summed E-state index contributed by atoms with van der Waals surface area (Å²) >= 11 is 0. The number of aromatic nitrogens is 1. The average Bonchev–Trinajstić information content (AvgIpc) is 2.64. The fraction of sp³-hybridized carbons (Fsp3) is 0.263. The second kappa shape index (κ2) is 7.05. The summed E-state index contributed by atoms with van der Waals surface area (Å²) in [6, 6.07) is 10.8. The third-order valence-corrected chi connectivity index (χ3v) is 4.43. The molecule has 1 aromatic carbocycles. The van der Waals surface area contributed by atoms with Crippen LogP contribution in [0.2, 0.25) is 0 Å². The van der Waals surface area contributed by atoms with Crippen LogP contribution in [0.5, 0.6) is 5.75 Å². The normalized spacial score (nSPS) is 16.0. The Morgan fingerprint density at radius 2 is 2.04 bits per heavy atom. The molecule has 7 heteroatoms. The summed E-state index contributed by atoms with van der Waals surface area (Å²) in [7, 11) is 1.25. The van der Waals surface area contributed by atoms with Crippen LogP contribution in [-0.2, 0) is 16.1 Å². The quantitative estimate of drug-likeness (QED) is 0.793. The zero-order valence-electron chi connectivity index (χ0n) is 14.6. The van der Waals surface area contributed by atoms with Gasteiger partial charge in [-0.05, 0) is 12.5 Å². The number of aliphatic hydroxyl groups excluding tert-OH is 1. The van der Waals surface area contributed by atoms with Gasteiger partial charge in [-0.25, -0.2) is 4.79 Å². The molecule has 0 fully saturated rings. The van der Waals surface area contributed by atoms with Crippen molar-refractivity contribution in [2.45, 2.75) is 19.4 Å². The van der Waals surface area contributed by atoms with Crippen molar-refractivity contribution < 1.29 is 19.4 Å². The number of hydrogen-bond acceptors (Lipinski definition) is 6. The van der Waals surface area contributed by atoms with E-state index in [1.165, 1.54) is 11.7 Å². The predicted octanol–water partition coefficient (Wildman–Crippen LogP) is 1.02. The van der Waals surface area contributed by atoms with Gasteiger partial charge in [0.05, 0.1) is 25.2 Å². The van der Waals surface area contributed by atoms with Gasteiger partial charge in [-0.1, -0.05) is 30.3 Å². The molecule has 2 aromatic rings. The summed E-state index contributed by atoms with van der Waals surface area (Å²) in [5, 5.41) is 9.28. The Hall–Kier alpha value is -3.06. The van der Waals surface area contributed by atoms with E-state index < -0.39 is 11.9 Å². The van der Waals surface area contributed by atoms with Crippen LogP contribution in [0.3, 0.4) is 0 Å². The predicted molar refractivity (Wildman–Crippen MR) is 94.7 cm³/mol. The van der Waals surface area contributed by atoms with Crippen molar-refractivity contribution in [3.63, 3.8) is 0 Å². The average molecular weight is 356 g/mol. The minimum atomic E-state index is -0.717. The van der Waals surface area contributed by atoms with Crippen LogP contribution in [0, 0.1) is 6.92 Å². The summed E-state index contributed by atoms with van der Waals surface area (Å²) in [5.74, 6) is -1.15. The van der Waals surface area contributed by atoms with Gasteiger partial charge in [-0.3, -0.25) is 4.79 Å². The maximum absolute atomic E-state index is 13.1. The van der Waals surface area contributed by atoms with Crippen LogP contribution in [-0.4, -0.2) is 29.4 Å². The third kappa shape index (κ3) is 2.86. The standard InChI is InChI=1S/C19H20N2O5/c1-11-10-13-15(18(23)21(11)8-9-22)14(12-6-4-3-5-7-12)16(17(20)26-13)19(24)25-2/h3-7,10,14,22H,8-9,20H2,1-2H3. The van der Waals surface area contributed by atoms with Crippen molar-refractivity contribution >= 4 is 5.97 Å². The second-order valence-electron chi connectivity index (χ2n) is 5.96. The molecule has 1 aromatic heterocycles. The zero-order chi connectivity index (χ0) is 18.8. The first-order valence-electron chi connectivity index (χ1n) is 8.15. The SMILES string of the molecule is COC(=O)C1=C(N)Oc2cc(C)n(CCO)c(=O)c2C1c1ccccc1. The Morgan fingerprint density at radius 3 is 2.65 bits per heavy atom. The van der Waals surface area contributed by atoms with E-state index in [0.29, 0.717) is 17.0 Å². The first-order valence-corrected chi connectivity index (χ1v) is 8.15. The molecule has 0 aliphatic carbocycles. The summed E-state index contributed by atoms with van der Waals surface area (Å²) in [4.78, 5) is 25.5. The number of rotatable bonds is 4. The highest BCUT2D eigenvalue weighted by Gasteiger charge is 2.38. The first-order chi connectivity index (χ1) is 12.5. The lowest BCUT2D eigenvalue weighted by molar-refractivity contribution is -0.136. The Labute approximate surface area is 150 Å². The molecule has 0 saturated carbocycles. The summed E-state index contributed by atoms with van der Waals surface area (Å²) in [5.41, 5.74) is 7.40. The van der Waals surface area contributed by atoms with Gasteiger partial charge in [0.2, 0.25) is 5.88 Å². The van der Waals surface area contributed by atoms with Crippen LogP contribution >= 0.6 is 0 Å². The number of aryl methyl sites for hydroxylation is 1. The number of nitrogens with zero attached hydrogens (tertiary/aromatic N) is 1. The second-order valence-corrected chi connectivity index (χ2v) is 5.96. The summed E-state index contributed by atoms with van der Waals surface area (Å²) < 4.78 is 11.9. The van der Waals surface area contributed by atoms with E-state index in [4.69, 9.17) is 15.2 Å². The number of ether oxygens (including phenoxy) is 2. The van der Waals surface area contributed by atoms with Gasteiger partial charge in [-0.2, -0.15) is 0 Å². The number of pyridine rings is 1. The van der Waals surface area contributed by atoms with Crippen molar-refractivity contribution in [1.29, 1.82) is 0 Å². The maximum Gasteiger partial charge on any atom is 0.340 e. The van der Waals surface area contributed by atoms with Gasteiger partial charge in [0, 0.05) is 18.3 Å². The summed E-state index contributed by atoms with van der Waals surface area (Å²) in [6.45, 7) is 1.71. The Morgan fingerprint density at radius 1 is 1.35 bits per heavy atom. The minimum absolute atomic E-state index is 0.0858. The van der Waals surface area contributed by atoms with Crippen LogP contribution in [0.4, 0.5) is 0 Å². The highest BCUT2D eigenvalue weighted by atomic mass is 16.5. The molecule has 0 amide bonds. The molecule has 1 atom stereocenters. The third-order valence-electron chi connectivity index (χ3n) is 4.43. The fourth-order valence-electron chi connectivity index (χ4n) is 3.25. The molecule has 0 saturated heterocycles. The molecule has 0 spiro atoms. The van der Waals surface area contributed by atoms with Crippen molar-refractivity contribution in [2.24, 2.45) is 5.73 Å². The minimum Gasteiger partial charge on any atom is -0.465 e. The lowest BCUT2D eigenvalue weighted by atomic mass is 9.83. The Bertz CT molecular complexity index is 931. The molecule has 0 bridgehead atoms. The molecular weight excluding hydrogens is 336 g/mol. The monoisotopic (exact) mass is 356 g/mol. The molecule has 1 aliphatic rings. The van der Waals surface area contributed by atoms with Gasteiger partial charge in [0.25, 0.3) is 5.56 Å². The smallest absolute Gasteiger partial charge is 0.340 e. The van der Waals surface area contributed by atoms with Gasteiger partial charge in [0.1, 0.15) is 11.3 Å². The van der Waals surface area contributed by atoms with Crippen LogP contribution in [0.1, 0.15) is 22.7 Å². The van der Waals surface area contributed by atoms with E-state index in [9.17, 15) is 14.7 Å². The van der Waals surface area contributed by atoms with E-state index in [2.05, 4.69) is 0 Å². The lowest BCUT2D eigenvalue weighted by Crippen LogP contribution is -2.35. The van der Waals surface area contributed by atoms with Gasteiger partial charge in [-0.15, -0.1) is 0 Å². The van der Waals surface area contributed by atoms with E-state index in [0.717, 1.165) is 5.56 Å². The molecule has 7 nitrogen and oxygen atoms in total. The Kier molecular flexibility index (Phi) is 4.81. The van der Waals surface area contributed by atoms with E-state index in [1.807, 2.05) is 30.3 Å². The fourth-order valence-corrected chi connectivity index (χ4v) is 3.25. The molecule has 3 rings (SSSR count). The van der Waals surface area contributed by atoms with Gasteiger partial charge in [0.15, 0.2) is 0 Å². The van der Waals surface area contributed by atoms with Crippen molar-refractivity contribution in [2.75, 3.05) is 13.7 Å². The molecule has 2 heterocycles. The number of benzene rings is 1. The highest BCUT2D eigenvalue weighted by molar-refractivity contribution is 5.92. The van der Waals surface area contributed by atoms with Gasteiger partial charge < -0.3 is 24.9 Å². The van der Waals surface area contributed by atoms with E-state index >= 15 is 0 Å². The number of methoxy groups -OCH3 is 1. The van der Waals surface area contributed by atoms with Gasteiger partial charge >= 0.3 is 5.97 Å². The molecule has 0 radical (unpaired) electrons. The molecule has 1 unspecified atom stereocenters. The number of fused-ring (bicyclic) bond motifs is 1. The molecular formula is C19H20N2O5. The maximum atomic E-state index is 13.1. The number of nitrogens with two attached hydrogens (primary N) is 1.